The third-order valence-corrected chi connectivity index (χ3v) is 5.14. The van der Waals surface area contributed by atoms with Crippen LogP contribution in [0.2, 0.25) is 0 Å². The molecule has 0 radical (unpaired) electrons. The van der Waals surface area contributed by atoms with E-state index in [0.717, 1.165) is 6.42 Å². The molecule has 0 aromatic rings. The van der Waals surface area contributed by atoms with Crippen LogP contribution in [0.4, 0.5) is 0 Å². The molecule has 1 aliphatic heterocycles. The fraction of sp³-hybridized carbons (Fsp3) is 0.667. The van der Waals surface area contributed by atoms with Crippen molar-refractivity contribution in [2.45, 2.75) is 20.3 Å². The maximum absolute atomic E-state index is 12.2. The summed E-state index contributed by atoms with van der Waals surface area (Å²) in [5.74, 6) is 0.529. The van der Waals surface area contributed by atoms with E-state index < -0.39 is 10.8 Å². The SMILES string of the molecule is CN1C(=O)[C@@]2(C)C3C=CC(C3)[C@@]2(C)C1=O. The number of hydrogen-bond acceptors (Lipinski definition) is 2. The average molecular weight is 205 g/mol. The minimum Gasteiger partial charge on any atom is -0.285 e. The first-order valence-corrected chi connectivity index (χ1v) is 5.45. The van der Waals surface area contributed by atoms with Crippen molar-refractivity contribution in [1.82, 2.24) is 4.90 Å². The highest BCUT2D eigenvalue weighted by atomic mass is 16.2. The molecule has 1 saturated heterocycles. The molecule has 3 aliphatic rings. The summed E-state index contributed by atoms with van der Waals surface area (Å²) in [6.45, 7) is 3.93. The van der Waals surface area contributed by atoms with Crippen LogP contribution in [0.25, 0.3) is 0 Å². The first-order chi connectivity index (χ1) is 6.94. The second-order valence-electron chi connectivity index (χ2n) is 5.41. The molecular weight excluding hydrogens is 190 g/mol. The summed E-state index contributed by atoms with van der Waals surface area (Å²) >= 11 is 0. The Hall–Kier alpha value is -1.12. The first kappa shape index (κ1) is 9.13. The Morgan fingerprint density at radius 2 is 1.53 bits per heavy atom. The second-order valence-corrected chi connectivity index (χ2v) is 5.41. The van der Waals surface area contributed by atoms with Crippen LogP contribution in [-0.4, -0.2) is 23.8 Å². The van der Waals surface area contributed by atoms with E-state index in [2.05, 4.69) is 12.2 Å². The topological polar surface area (TPSA) is 37.4 Å². The molecule has 15 heavy (non-hydrogen) atoms. The Labute approximate surface area is 89.1 Å². The summed E-state index contributed by atoms with van der Waals surface area (Å²) in [5, 5.41) is 0. The Kier molecular flexibility index (Phi) is 1.33. The maximum atomic E-state index is 12.2. The molecule has 2 aliphatic carbocycles. The molecule has 2 unspecified atom stereocenters. The normalized spacial score (nSPS) is 51.8. The van der Waals surface area contributed by atoms with Crippen LogP contribution < -0.4 is 0 Å². The van der Waals surface area contributed by atoms with Gasteiger partial charge < -0.3 is 0 Å². The highest BCUT2D eigenvalue weighted by Gasteiger charge is 2.73. The van der Waals surface area contributed by atoms with Crippen molar-refractivity contribution in [3.63, 3.8) is 0 Å². The zero-order valence-electron chi connectivity index (χ0n) is 9.28. The van der Waals surface area contributed by atoms with E-state index in [4.69, 9.17) is 0 Å². The average Bonchev–Trinajstić information content (AvgIpc) is 2.81. The van der Waals surface area contributed by atoms with Crippen molar-refractivity contribution >= 4 is 11.8 Å². The molecule has 2 fully saturated rings. The summed E-state index contributed by atoms with van der Waals surface area (Å²) in [4.78, 5) is 25.7. The van der Waals surface area contributed by atoms with Crippen LogP contribution in [0.1, 0.15) is 20.3 Å². The minimum atomic E-state index is -0.488. The monoisotopic (exact) mass is 205 g/mol. The van der Waals surface area contributed by atoms with Crippen LogP contribution in [0.5, 0.6) is 0 Å². The Bertz CT molecular complexity index is 378. The van der Waals surface area contributed by atoms with Crippen LogP contribution in [-0.2, 0) is 9.59 Å². The summed E-state index contributed by atoms with van der Waals surface area (Å²) in [6, 6.07) is 0. The molecule has 0 N–H and O–H groups in total. The number of rotatable bonds is 0. The van der Waals surface area contributed by atoms with Crippen LogP contribution in [0.3, 0.4) is 0 Å². The van der Waals surface area contributed by atoms with E-state index in [9.17, 15) is 9.59 Å². The van der Waals surface area contributed by atoms with Gasteiger partial charge in [-0.3, -0.25) is 14.5 Å². The van der Waals surface area contributed by atoms with Gasteiger partial charge in [0.05, 0.1) is 10.8 Å². The summed E-state index contributed by atoms with van der Waals surface area (Å²) in [7, 11) is 1.61. The van der Waals surface area contributed by atoms with Gasteiger partial charge in [-0.25, -0.2) is 0 Å². The third-order valence-electron chi connectivity index (χ3n) is 5.14. The van der Waals surface area contributed by atoms with Gasteiger partial charge in [-0.15, -0.1) is 0 Å². The number of imide groups is 1. The second kappa shape index (κ2) is 2.18. The highest BCUT2D eigenvalue weighted by molar-refractivity contribution is 6.10. The molecule has 3 heteroatoms. The minimum absolute atomic E-state index is 0.00634. The fourth-order valence-corrected chi connectivity index (χ4v) is 3.88. The van der Waals surface area contributed by atoms with Gasteiger partial charge in [0.25, 0.3) is 0 Å². The maximum Gasteiger partial charge on any atom is 0.236 e. The van der Waals surface area contributed by atoms with Crippen molar-refractivity contribution in [1.29, 1.82) is 0 Å². The number of nitrogens with zero attached hydrogens (tertiary/aromatic N) is 1. The standard InChI is InChI=1S/C12H15NO2/c1-11-7-4-5-8(6-7)12(11,2)10(15)13(3)9(11)14/h4-5,7-8H,6H2,1-3H3/t7?,8?,11-,12+. The molecule has 1 heterocycles. The highest BCUT2D eigenvalue weighted by Crippen LogP contribution is 2.67. The van der Waals surface area contributed by atoms with Gasteiger partial charge in [0.2, 0.25) is 11.8 Å². The van der Waals surface area contributed by atoms with Crippen molar-refractivity contribution in [2.24, 2.45) is 22.7 Å². The molecule has 3 nitrogen and oxygen atoms in total. The Morgan fingerprint density at radius 3 is 1.93 bits per heavy atom. The number of carbonyl (C=O) groups excluding carboxylic acids is 2. The molecule has 2 amide bonds. The molecule has 0 aromatic carbocycles. The van der Waals surface area contributed by atoms with E-state index >= 15 is 0 Å². The Balaban J connectivity index is 2.26. The van der Waals surface area contributed by atoms with E-state index in [1.807, 2.05) is 13.8 Å². The van der Waals surface area contributed by atoms with E-state index in [1.165, 1.54) is 4.90 Å². The molecule has 80 valence electrons. The van der Waals surface area contributed by atoms with E-state index in [-0.39, 0.29) is 23.7 Å². The van der Waals surface area contributed by atoms with Gasteiger partial charge in [0.15, 0.2) is 0 Å². The molecule has 2 bridgehead atoms. The van der Waals surface area contributed by atoms with Gasteiger partial charge in [0, 0.05) is 7.05 Å². The number of hydrogen-bond donors (Lipinski definition) is 0. The third kappa shape index (κ3) is 0.638. The lowest BCUT2D eigenvalue weighted by atomic mass is 9.61. The number of likely N-dealkylation sites (tertiary alicyclic amines) is 1. The lowest BCUT2D eigenvalue weighted by Gasteiger charge is -2.37. The molecular formula is C12H15NO2. The summed E-state index contributed by atoms with van der Waals surface area (Å²) in [6.07, 6.45) is 5.21. The fourth-order valence-electron chi connectivity index (χ4n) is 3.88. The molecule has 0 spiro atoms. The number of amides is 2. The predicted molar refractivity (Wildman–Crippen MR) is 54.7 cm³/mol. The van der Waals surface area contributed by atoms with Gasteiger partial charge in [0.1, 0.15) is 0 Å². The van der Waals surface area contributed by atoms with Gasteiger partial charge in [-0.2, -0.15) is 0 Å². The molecule has 1 saturated carbocycles. The van der Waals surface area contributed by atoms with Crippen molar-refractivity contribution < 1.29 is 9.59 Å². The van der Waals surface area contributed by atoms with Crippen molar-refractivity contribution in [3.8, 4) is 0 Å². The number of carbonyl (C=O) groups is 2. The molecule has 4 atom stereocenters. The van der Waals surface area contributed by atoms with Crippen molar-refractivity contribution in [3.05, 3.63) is 12.2 Å². The molecule has 0 aromatic heterocycles. The zero-order chi connectivity index (χ0) is 11.0. The molecule has 3 rings (SSSR count). The largest absolute Gasteiger partial charge is 0.285 e. The predicted octanol–water partition coefficient (Wildman–Crippen LogP) is 1.20. The van der Waals surface area contributed by atoms with E-state index in [0.29, 0.717) is 0 Å². The van der Waals surface area contributed by atoms with E-state index in [1.54, 1.807) is 7.05 Å². The number of fused-ring (bicyclic) bond motifs is 5. The smallest absolute Gasteiger partial charge is 0.236 e. The lowest BCUT2D eigenvalue weighted by Crippen LogP contribution is -2.43. The summed E-state index contributed by atoms with van der Waals surface area (Å²) < 4.78 is 0. The van der Waals surface area contributed by atoms with Gasteiger partial charge in [-0.05, 0) is 32.1 Å². The lowest BCUT2D eigenvalue weighted by molar-refractivity contribution is -0.140. The van der Waals surface area contributed by atoms with Crippen LogP contribution >= 0.6 is 0 Å². The Morgan fingerprint density at radius 1 is 1.13 bits per heavy atom. The quantitative estimate of drug-likeness (QED) is 0.440. The van der Waals surface area contributed by atoms with Crippen LogP contribution in [0.15, 0.2) is 12.2 Å². The van der Waals surface area contributed by atoms with Crippen molar-refractivity contribution in [2.75, 3.05) is 7.05 Å². The van der Waals surface area contributed by atoms with Crippen LogP contribution in [0, 0.1) is 22.7 Å². The zero-order valence-corrected chi connectivity index (χ0v) is 9.28. The first-order valence-electron chi connectivity index (χ1n) is 5.45. The summed E-state index contributed by atoms with van der Waals surface area (Å²) in [5.41, 5.74) is -0.976. The number of allylic oxidation sites excluding steroid dienone is 2. The van der Waals surface area contributed by atoms with Gasteiger partial charge >= 0.3 is 0 Å². The van der Waals surface area contributed by atoms with Gasteiger partial charge in [-0.1, -0.05) is 12.2 Å².